The quantitative estimate of drug-likeness (QED) is 0.466. The van der Waals surface area contributed by atoms with Gasteiger partial charge in [0.15, 0.2) is 0 Å². The molecule has 4 N–H and O–H groups in total. The summed E-state index contributed by atoms with van der Waals surface area (Å²) in [6.45, 7) is 0.987. The Bertz CT molecular complexity index is 1000. The fourth-order valence-corrected chi connectivity index (χ4v) is 4.42. The number of methoxy groups -OCH3 is 1. The van der Waals surface area contributed by atoms with Crippen molar-refractivity contribution >= 4 is 29.5 Å². The molecule has 0 spiro atoms. The van der Waals surface area contributed by atoms with Crippen LogP contribution in [0.2, 0.25) is 0 Å². The zero-order valence-corrected chi connectivity index (χ0v) is 20.5. The minimum absolute atomic E-state index is 0.0542. The molecule has 12 nitrogen and oxygen atoms in total. The Hall–Kier alpha value is -3.67. The van der Waals surface area contributed by atoms with Crippen LogP contribution in [0.4, 0.5) is 0 Å². The fourth-order valence-electron chi connectivity index (χ4n) is 4.42. The Morgan fingerprint density at radius 1 is 1.17 bits per heavy atom. The van der Waals surface area contributed by atoms with Gasteiger partial charge in [-0.3, -0.25) is 24.0 Å². The highest BCUT2D eigenvalue weighted by Crippen LogP contribution is 2.21. The van der Waals surface area contributed by atoms with Crippen molar-refractivity contribution < 1.29 is 33.4 Å². The highest BCUT2D eigenvalue weighted by Gasteiger charge is 2.36. The minimum Gasteiger partial charge on any atom is -0.491 e. The highest BCUT2D eigenvalue weighted by molar-refractivity contribution is 6.01. The van der Waals surface area contributed by atoms with E-state index in [1.165, 1.54) is 11.9 Å². The molecule has 2 aliphatic heterocycles. The van der Waals surface area contributed by atoms with Gasteiger partial charge in [0, 0.05) is 20.7 Å². The topological polar surface area (TPSA) is 160 Å². The molecule has 1 aromatic carbocycles. The van der Waals surface area contributed by atoms with Crippen molar-refractivity contribution in [3.05, 3.63) is 29.8 Å². The van der Waals surface area contributed by atoms with Crippen LogP contribution >= 0.6 is 0 Å². The second-order valence-corrected chi connectivity index (χ2v) is 8.91. The number of carbonyl (C=O) groups excluding carboxylic acids is 5. The van der Waals surface area contributed by atoms with Crippen LogP contribution in [0.25, 0.3) is 0 Å². The number of hydrogen-bond donors (Lipinski definition) is 3. The molecule has 196 valence electrons. The number of rotatable bonds is 5. The van der Waals surface area contributed by atoms with E-state index in [1.807, 2.05) is 0 Å². The van der Waals surface area contributed by atoms with E-state index in [9.17, 15) is 24.0 Å². The van der Waals surface area contributed by atoms with Crippen LogP contribution in [0, 0.1) is 0 Å². The van der Waals surface area contributed by atoms with Crippen LogP contribution in [0.3, 0.4) is 0 Å². The fraction of sp³-hybridized carbons (Fsp3) is 0.542. The molecule has 36 heavy (non-hydrogen) atoms. The molecule has 1 fully saturated rings. The molecule has 5 amide bonds. The lowest BCUT2D eigenvalue weighted by molar-refractivity contribution is -0.139. The maximum Gasteiger partial charge on any atom is 0.255 e. The van der Waals surface area contributed by atoms with Crippen LogP contribution in [0.1, 0.15) is 36.0 Å². The van der Waals surface area contributed by atoms with Crippen LogP contribution in [-0.4, -0.2) is 97.9 Å². The molecule has 0 bridgehead atoms. The standard InChI is InChI=1S/C24H33N5O7/c1-28-10-11-36-19-8-4-3-7-16(19)22(32)27-18(24(34)29-9-5-6-15(29)14-35-2)13-21(31)26-17(23(28)33)12-20(25)30/h3-4,7-8,15,17-18H,5-6,9-14H2,1-2H3,(H2,25,30)(H,26,31)(H,27,32)/t15-,17-,18-/m0/s1. The van der Waals surface area contributed by atoms with E-state index in [0.717, 1.165) is 12.8 Å². The lowest BCUT2D eigenvalue weighted by Gasteiger charge is -2.30. The number of amides is 5. The van der Waals surface area contributed by atoms with Crippen molar-refractivity contribution in [1.29, 1.82) is 0 Å². The third-order valence-corrected chi connectivity index (χ3v) is 6.24. The Morgan fingerprint density at radius 3 is 2.64 bits per heavy atom. The lowest BCUT2D eigenvalue weighted by atomic mass is 10.1. The van der Waals surface area contributed by atoms with Crippen molar-refractivity contribution in [3.63, 3.8) is 0 Å². The summed E-state index contributed by atoms with van der Waals surface area (Å²) in [5.41, 5.74) is 5.49. The van der Waals surface area contributed by atoms with Gasteiger partial charge in [-0.1, -0.05) is 12.1 Å². The van der Waals surface area contributed by atoms with Gasteiger partial charge in [0.1, 0.15) is 24.4 Å². The largest absolute Gasteiger partial charge is 0.491 e. The number of hydrogen-bond acceptors (Lipinski definition) is 7. The molecule has 0 radical (unpaired) electrons. The average molecular weight is 504 g/mol. The smallest absolute Gasteiger partial charge is 0.255 e. The lowest BCUT2D eigenvalue weighted by Crippen LogP contribution is -2.55. The summed E-state index contributed by atoms with van der Waals surface area (Å²) in [4.78, 5) is 67.1. The molecule has 3 atom stereocenters. The maximum atomic E-state index is 13.5. The first kappa shape index (κ1) is 26.9. The first-order valence-electron chi connectivity index (χ1n) is 11.9. The molecule has 1 saturated heterocycles. The van der Waals surface area contributed by atoms with Crippen LogP contribution in [0.5, 0.6) is 5.75 Å². The summed E-state index contributed by atoms with van der Waals surface area (Å²) in [5, 5.41) is 5.18. The first-order valence-corrected chi connectivity index (χ1v) is 11.9. The van der Waals surface area contributed by atoms with E-state index in [0.29, 0.717) is 13.2 Å². The molecule has 0 unspecified atom stereocenters. The van der Waals surface area contributed by atoms with E-state index in [4.69, 9.17) is 15.2 Å². The number of primary amides is 1. The maximum absolute atomic E-state index is 13.5. The van der Waals surface area contributed by atoms with Crippen LogP contribution < -0.4 is 21.1 Å². The number of nitrogens with one attached hydrogen (secondary N) is 2. The van der Waals surface area contributed by atoms with Crippen LogP contribution in [-0.2, 0) is 23.9 Å². The van der Waals surface area contributed by atoms with E-state index >= 15 is 0 Å². The second kappa shape index (κ2) is 12.3. The number of ether oxygens (including phenoxy) is 2. The molecule has 2 heterocycles. The van der Waals surface area contributed by atoms with E-state index in [1.54, 1.807) is 36.3 Å². The van der Waals surface area contributed by atoms with E-state index in [-0.39, 0.29) is 30.5 Å². The highest BCUT2D eigenvalue weighted by atomic mass is 16.5. The molecule has 3 rings (SSSR count). The third-order valence-electron chi connectivity index (χ3n) is 6.24. The third kappa shape index (κ3) is 6.72. The molecule has 0 aliphatic carbocycles. The van der Waals surface area contributed by atoms with E-state index < -0.39 is 54.5 Å². The Morgan fingerprint density at radius 2 is 1.92 bits per heavy atom. The van der Waals surface area contributed by atoms with Gasteiger partial charge in [0.05, 0.1) is 37.6 Å². The summed E-state index contributed by atoms with van der Waals surface area (Å²) in [5.74, 6) is -2.70. The molecular formula is C24H33N5O7. The summed E-state index contributed by atoms with van der Waals surface area (Å²) in [6, 6.07) is 3.92. The predicted molar refractivity (Wildman–Crippen MR) is 128 cm³/mol. The van der Waals surface area contributed by atoms with Gasteiger partial charge in [-0.05, 0) is 25.0 Å². The number of nitrogens with zero attached hydrogens (tertiary/aromatic N) is 2. The monoisotopic (exact) mass is 503 g/mol. The molecular weight excluding hydrogens is 470 g/mol. The number of carbonyl (C=O) groups is 5. The number of likely N-dealkylation sites (tertiary alicyclic amines) is 1. The summed E-state index contributed by atoms with van der Waals surface area (Å²) < 4.78 is 11.0. The number of para-hydroxylation sites is 1. The first-order chi connectivity index (χ1) is 17.2. The Balaban J connectivity index is 1.93. The Kier molecular flexibility index (Phi) is 9.23. The second-order valence-electron chi connectivity index (χ2n) is 8.91. The van der Waals surface area contributed by atoms with Crippen molar-refractivity contribution in [1.82, 2.24) is 20.4 Å². The van der Waals surface area contributed by atoms with Crippen molar-refractivity contribution in [2.45, 2.75) is 43.8 Å². The average Bonchev–Trinajstić information content (AvgIpc) is 3.30. The van der Waals surface area contributed by atoms with Gasteiger partial charge < -0.3 is 35.6 Å². The number of likely N-dealkylation sites (N-methyl/N-ethyl adjacent to an activating group) is 1. The number of nitrogens with two attached hydrogens (primary N) is 1. The normalized spacial score (nSPS) is 23.7. The molecule has 0 aromatic heterocycles. The summed E-state index contributed by atoms with van der Waals surface area (Å²) in [7, 11) is 3.05. The van der Waals surface area contributed by atoms with Crippen LogP contribution in [0.15, 0.2) is 24.3 Å². The Labute approximate surface area is 209 Å². The van der Waals surface area contributed by atoms with Crippen molar-refractivity contribution in [3.8, 4) is 5.75 Å². The molecule has 2 aliphatic rings. The van der Waals surface area contributed by atoms with Gasteiger partial charge in [0.2, 0.25) is 23.6 Å². The van der Waals surface area contributed by atoms with Gasteiger partial charge in [-0.15, -0.1) is 0 Å². The van der Waals surface area contributed by atoms with E-state index in [2.05, 4.69) is 10.6 Å². The zero-order valence-electron chi connectivity index (χ0n) is 20.5. The van der Waals surface area contributed by atoms with Crippen molar-refractivity contribution in [2.75, 3.05) is 40.5 Å². The van der Waals surface area contributed by atoms with Crippen molar-refractivity contribution in [2.24, 2.45) is 5.73 Å². The van der Waals surface area contributed by atoms with Gasteiger partial charge in [-0.2, -0.15) is 0 Å². The van der Waals surface area contributed by atoms with Gasteiger partial charge in [-0.25, -0.2) is 0 Å². The summed E-state index contributed by atoms with van der Waals surface area (Å²) >= 11 is 0. The molecule has 1 aromatic rings. The number of fused-ring (bicyclic) bond motifs is 1. The van der Waals surface area contributed by atoms with Gasteiger partial charge in [0.25, 0.3) is 5.91 Å². The summed E-state index contributed by atoms with van der Waals surface area (Å²) in [6.07, 6.45) is 0.664. The SMILES string of the molecule is COC[C@@H]1CCCN1C(=O)[C@@H]1CC(=O)N[C@@H](CC(N)=O)C(=O)N(C)CCOc2ccccc2C(=O)N1. The predicted octanol–water partition coefficient (Wildman–Crippen LogP) is -0.976. The van der Waals surface area contributed by atoms with Gasteiger partial charge >= 0.3 is 0 Å². The minimum atomic E-state index is -1.21. The molecule has 12 heteroatoms. The molecule has 0 saturated carbocycles. The zero-order chi connectivity index (χ0) is 26.2. The number of benzene rings is 1.